The fraction of sp³-hybridized carbons (Fsp3) is 0.115. The standard InChI is InChI=1S/C26H20FNO5S/c1-16-10-12-17(13-11-16)25(30)33-23-18(7-5-9-21(23)32-2)14-22-24(29)28(26(31)34-22)15-19-6-3-4-8-20(19)27/h3-14H,15H2,1-2H3/b22-14-. The highest BCUT2D eigenvalue weighted by molar-refractivity contribution is 8.18. The van der Waals surface area contributed by atoms with Gasteiger partial charge in [0.05, 0.1) is 24.1 Å². The molecule has 172 valence electrons. The van der Waals surface area contributed by atoms with Crippen LogP contribution in [-0.4, -0.2) is 29.1 Å². The number of ether oxygens (including phenoxy) is 2. The number of carbonyl (C=O) groups excluding carboxylic acids is 3. The van der Waals surface area contributed by atoms with Crippen molar-refractivity contribution in [2.24, 2.45) is 0 Å². The predicted octanol–water partition coefficient (Wildman–Crippen LogP) is 5.60. The maximum Gasteiger partial charge on any atom is 0.343 e. The lowest BCUT2D eigenvalue weighted by atomic mass is 10.1. The first-order chi connectivity index (χ1) is 16.4. The van der Waals surface area contributed by atoms with Gasteiger partial charge in [-0.05, 0) is 49.0 Å². The van der Waals surface area contributed by atoms with Gasteiger partial charge in [-0.1, -0.05) is 48.0 Å². The van der Waals surface area contributed by atoms with E-state index in [1.807, 2.05) is 6.92 Å². The number of rotatable bonds is 6. The SMILES string of the molecule is COc1cccc(/C=C2\SC(=O)N(Cc3ccccc3F)C2=O)c1OC(=O)c1ccc(C)cc1. The highest BCUT2D eigenvalue weighted by Crippen LogP contribution is 2.38. The normalized spacial score (nSPS) is 14.6. The molecule has 1 saturated heterocycles. The van der Waals surface area contributed by atoms with Crippen LogP contribution in [0.3, 0.4) is 0 Å². The number of hydrogen-bond donors (Lipinski definition) is 0. The van der Waals surface area contributed by atoms with Gasteiger partial charge in [0, 0.05) is 11.1 Å². The second-order valence-electron chi connectivity index (χ2n) is 7.49. The van der Waals surface area contributed by atoms with Gasteiger partial charge in [0.1, 0.15) is 5.82 Å². The molecule has 0 N–H and O–H groups in total. The van der Waals surface area contributed by atoms with Crippen LogP contribution in [0.2, 0.25) is 0 Å². The number of aryl methyl sites for hydroxylation is 1. The number of para-hydroxylation sites is 1. The van der Waals surface area contributed by atoms with Crippen LogP contribution in [-0.2, 0) is 11.3 Å². The number of imide groups is 1. The molecule has 0 spiro atoms. The van der Waals surface area contributed by atoms with Gasteiger partial charge >= 0.3 is 5.97 Å². The second kappa shape index (κ2) is 9.93. The number of nitrogens with zero attached hydrogens (tertiary/aromatic N) is 1. The van der Waals surface area contributed by atoms with Crippen molar-refractivity contribution in [1.29, 1.82) is 0 Å². The average Bonchev–Trinajstić information content (AvgIpc) is 3.09. The molecule has 0 unspecified atom stereocenters. The van der Waals surface area contributed by atoms with E-state index in [2.05, 4.69) is 0 Å². The van der Waals surface area contributed by atoms with Crippen LogP contribution in [0.4, 0.5) is 9.18 Å². The molecule has 0 bridgehead atoms. The predicted molar refractivity (Wildman–Crippen MR) is 127 cm³/mol. The Morgan fingerprint density at radius 2 is 1.76 bits per heavy atom. The molecule has 8 heteroatoms. The molecule has 3 aromatic rings. The van der Waals surface area contributed by atoms with Crippen LogP contribution in [0.5, 0.6) is 11.5 Å². The lowest BCUT2D eigenvalue weighted by Crippen LogP contribution is -2.27. The number of benzene rings is 3. The molecule has 1 aliphatic heterocycles. The van der Waals surface area contributed by atoms with Crippen molar-refractivity contribution in [3.8, 4) is 11.5 Å². The van der Waals surface area contributed by atoms with Gasteiger partial charge in [0.25, 0.3) is 11.1 Å². The Morgan fingerprint density at radius 3 is 2.47 bits per heavy atom. The van der Waals surface area contributed by atoms with Crippen LogP contribution < -0.4 is 9.47 Å². The minimum Gasteiger partial charge on any atom is -0.493 e. The van der Waals surface area contributed by atoms with Gasteiger partial charge < -0.3 is 9.47 Å². The van der Waals surface area contributed by atoms with E-state index >= 15 is 0 Å². The summed E-state index contributed by atoms with van der Waals surface area (Å²) in [6.45, 7) is 1.73. The van der Waals surface area contributed by atoms with Crippen molar-refractivity contribution in [3.63, 3.8) is 0 Å². The quantitative estimate of drug-likeness (QED) is 0.262. The molecule has 0 atom stereocenters. The fourth-order valence-corrected chi connectivity index (χ4v) is 4.16. The molecule has 1 fully saturated rings. The zero-order valence-corrected chi connectivity index (χ0v) is 19.2. The third-order valence-electron chi connectivity index (χ3n) is 5.16. The van der Waals surface area contributed by atoms with Gasteiger partial charge in [0.2, 0.25) is 0 Å². The van der Waals surface area contributed by atoms with Crippen LogP contribution in [0.25, 0.3) is 6.08 Å². The highest BCUT2D eigenvalue weighted by atomic mass is 32.2. The van der Waals surface area contributed by atoms with Crippen molar-refractivity contribution < 1.29 is 28.2 Å². The molecular formula is C26H20FNO5S. The summed E-state index contributed by atoms with van der Waals surface area (Å²) in [4.78, 5) is 39.3. The third-order valence-corrected chi connectivity index (χ3v) is 6.07. The van der Waals surface area contributed by atoms with Gasteiger partial charge in [-0.15, -0.1) is 0 Å². The fourth-order valence-electron chi connectivity index (χ4n) is 3.33. The molecule has 34 heavy (non-hydrogen) atoms. The van der Waals surface area contributed by atoms with E-state index in [9.17, 15) is 18.8 Å². The number of thioether (sulfide) groups is 1. The summed E-state index contributed by atoms with van der Waals surface area (Å²) in [5.74, 6) is -1.23. The van der Waals surface area contributed by atoms with Crippen molar-refractivity contribution >= 4 is 35.0 Å². The zero-order valence-electron chi connectivity index (χ0n) is 18.4. The number of hydrogen-bond acceptors (Lipinski definition) is 6. The lowest BCUT2D eigenvalue weighted by molar-refractivity contribution is -0.123. The zero-order chi connectivity index (χ0) is 24.2. The Bertz CT molecular complexity index is 1300. The van der Waals surface area contributed by atoms with Gasteiger partial charge in [-0.2, -0.15) is 0 Å². The van der Waals surface area contributed by atoms with Gasteiger partial charge in [-0.25, -0.2) is 9.18 Å². The van der Waals surface area contributed by atoms with E-state index in [4.69, 9.17) is 9.47 Å². The molecule has 1 heterocycles. The molecule has 3 aromatic carbocycles. The number of amides is 2. The summed E-state index contributed by atoms with van der Waals surface area (Å²) >= 11 is 0.736. The summed E-state index contributed by atoms with van der Waals surface area (Å²) < 4.78 is 25.0. The van der Waals surface area contributed by atoms with E-state index in [1.54, 1.807) is 48.5 Å². The third kappa shape index (κ3) is 4.87. The summed E-state index contributed by atoms with van der Waals surface area (Å²) in [5, 5.41) is -0.513. The minimum absolute atomic E-state index is 0.122. The van der Waals surface area contributed by atoms with E-state index in [1.165, 1.54) is 31.4 Å². The maximum atomic E-state index is 14.0. The smallest absolute Gasteiger partial charge is 0.343 e. The monoisotopic (exact) mass is 477 g/mol. The molecule has 0 saturated carbocycles. The van der Waals surface area contributed by atoms with Gasteiger partial charge in [-0.3, -0.25) is 14.5 Å². The first-order valence-corrected chi connectivity index (χ1v) is 11.1. The van der Waals surface area contributed by atoms with Crippen LogP contribution >= 0.6 is 11.8 Å². The largest absolute Gasteiger partial charge is 0.493 e. The van der Waals surface area contributed by atoms with Crippen molar-refractivity contribution in [1.82, 2.24) is 4.90 Å². The van der Waals surface area contributed by atoms with Crippen LogP contribution in [0.1, 0.15) is 27.0 Å². The summed E-state index contributed by atoms with van der Waals surface area (Å²) in [5.41, 5.74) is 1.98. The Balaban J connectivity index is 1.63. The lowest BCUT2D eigenvalue weighted by Gasteiger charge is -2.13. The molecule has 6 nitrogen and oxygen atoms in total. The molecule has 2 amide bonds. The Morgan fingerprint density at radius 1 is 1.03 bits per heavy atom. The Kier molecular flexibility index (Phi) is 6.79. The maximum absolute atomic E-state index is 14.0. The van der Waals surface area contributed by atoms with E-state index in [0.29, 0.717) is 16.9 Å². The number of methoxy groups -OCH3 is 1. The second-order valence-corrected chi connectivity index (χ2v) is 8.49. The topological polar surface area (TPSA) is 72.9 Å². The Labute approximate surface area is 200 Å². The van der Waals surface area contributed by atoms with E-state index < -0.39 is 22.9 Å². The molecule has 0 aliphatic carbocycles. The average molecular weight is 478 g/mol. The summed E-state index contributed by atoms with van der Waals surface area (Å²) in [6.07, 6.45) is 1.46. The minimum atomic E-state index is -0.591. The first-order valence-electron chi connectivity index (χ1n) is 10.3. The number of carbonyl (C=O) groups is 3. The van der Waals surface area contributed by atoms with E-state index in [0.717, 1.165) is 22.2 Å². The first kappa shape index (κ1) is 23.3. The number of esters is 1. The number of halogens is 1. The van der Waals surface area contributed by atoms with Crippen molar-refractivity contribution in [2.45, 2.75) is 13.5 Å². The van der Waals surface area contributed by atoms with Crippen LogP contribution in [0, 0.1) is 12.7 Å². The highest BCUT2D eigenvalue weighted by Gasteiger charge is 2.35. The molecule has 0 aromatic heterocycles. The molecule has 4 rings (SSSR count). The van der Waals surface area contributed by atoms with Crippen LogP contribution in [0.15, 0.2) is 71.6 Å². The molecular weight excluding hydrogens is 457 g/mol. The van der Waals surface area contributed by atoms with Gasteiger partial charge in [0.15, 0.2) is 11.5 Å². The van der Waals surface area contributed by atoms with Crippen molar-refractivity contribution in [2.75, 3.05) is 7.11 Å². The Hall–Kier alpha value is -3.91. The van der Waals surface area contributed by atoms with Crippen molar-refractivity contribution in [3.05, 3.63) is 99.7 Å². The molecule has 1 aliphatic rings. The summed E-state index contributed by atoms with van der Waals surface area (Å²) in [7, 11) is 1.44. The van der Waals surface area contributed by atoms with E-state index in [-0.39, 0.29) is 22.8 Å². The summed E-state index contributed by atoms with van der Waals surface area (Å²) in [6, 6.07) is 17.8. The molecule has 0 radical (unpaired) electrons.